The Bertz CT molecular complexity index is 438. The standard InChI is InChI=1S/C16H24N2S/c1-2-12-3-6-14(7-4-12)18-9-10-19-16-8-5-13(17)11-15(16)18/h5,8,11-12,14H,2-4,6-7,9-10,17H2,1H3. The molecule has 1 heterocycles. The number of nitrogens with two attached hydrogens (primary N) is 1. The summed E-state index contributed by atoms with van der Waals surface area (Å²) in [5, 5.41) is 0. The van der Waals surface area contributed by atoms with E-state index < -0.39 is 0 Å². The molecule has 1 saturated carbocycles. The van der Waals surface area contributed by atoms with Gasteiger partial charge in [0.05, 0.1) is 5.69 Å². The van der Waals surface area contributed by atoms with Gasteiger partial charge in [-0.05, 0) is 49.8 Å². The summed E-state index contributed by atoms with van der Waals surface area (Å²) >= 11 is 1.97. The largest absolute Gasteiger partial charge is 0.399 e. The van der Waals surface area contributed by atoms with Crippen molar-refractivity contribution in [2.75, 3.05) is 22.9 Å². The van der Waals surface area contributed by atoms with Crippen LogP contribution in [0.2, 0.25) is 0 Å². The van der Waals surface area contributed by atoms with E-state index in [1.54, 1.807) is 0 Å². The van der Waals surface area contributed by atoms with Crippen LogP contribution in [0.25, 0.3) is 0 Å². The zero-order chi connectivity index (χ0) is 13.2. The fourth-order valence-corrected chi connectivity index (χ4v) is 4.50. The summed E-state index contributed by atoms with van der Waals surface area (Å²) in [5.41, 5.74) is 8.26. The molecule has 0 amide bonds. The zero-order valence-electron chi connectivity index (χ0n) is 11.8. The molecule has 0 bridgehead atoms. The highest BCUT2D eigenvalue weighted by Crippen LogP contribution is 2.40. The summed E-state index contributed by atoms with van der Waals surface area (Å²) in [6.07, 6.45) is 6.88. The Morgan fingerprint density at radius 1 is 1.26 bits per heavy atom. The number of hydrogen-bond acceptors (Lipinski definition) is 3. The first kappa shape index (κ1) is 13.2. The van der Waals surface area contributed by atoms with Crippen molar-refractivity contribution >= 4 is 23.1 Å². The van der Waals surface area contributed by atoms with Crippen molar-refractivity contribution in [1.29, 1.82) is 0 Å². The van der Waals surface area contributed by atoms with Gasteiger partial charge in [0, 0.05) is 28.9 Å². The maximum absolute atomic E-state index is 5.98. The second kappa shape index (κ2) is 5.66. The predicted octanol–water partition coefficient (Wildman–Crippen LogP) is 4.15. The van der Waals surface area contributed by atoms with Gasteiger partial charge in [-0.15, -0.1) is 11.8 Å². The van der Waals surface area contributed by atoms with Crippen LogP contribution in [-0.4, -0.2) is 18.3 Å². The van der Waals surface area contributed by atoms with Gasteiger partial charge in [0.2, 0.25) is 0 Å². The van der Waals surface area contributed by atoms with E-state index in [-0.39, 0.29) is 0 Å². The van der Waals surface area contributed by atoms with Gasteiger partial charge < -0.3 is 10.6 Å². The normalized spacial score (nSPS) is 27.1. The van der Waals surface area contributed by atoms with Crippen LogP contribution in [0.4, 0.5) is 11.4 Å². The van der Waals surface area contributed by atoms with Gasteiger partial charge in [-0.1, -0.05) is 13.3 Å². The average Bonchev–Trinajstić information content (AvgIpc) is 2.47. The quantitative estimate of drug-likeness (QED) is 0.823. The Morgan fingerprint density at radius 2 is 2.05 bits per heavy atom. The van der Waals surface area contributed by atoms with E-state index in [1.165, 1.54) is 55.0 Å². The molecule has 0 unspecified atom stereocenters. The number of rotatable bonds is 2. The molecule has 2 N–H and O–H groups in total. The summed E-state index contributed by atoms with van der Waals surface area (Å²) in [4.78, 5) is 4.05. The fourth-order valence-electron chi connectivity index (χ4n) is 3.50. The van der Waals surface area contributed by atoms with Crippen molar-refractivity contribution in [2.24, 2.45) is 5.92 Å². The van der Waals surface area contributed by atoms with Crippen LogP contribution >= 0.6 is 11.8 Å². The minimum atomic E-state index is 0.740. The van der Waals surface area contributed by atoms with E-state index in [1.807, 2.05) is 17.8 Å². The lowest BCUT2D eigenvalue weighted by Gasteiger charge is -2.41. The van der Waals surface area contributed by atoms with Crippen molar-refractivity contribution in [3.8, 4) is 0 Å². The molecule has 1 aromatic rings. The molecule has 0 atom stereocenters. The predicted molar refractivity (Wildman–Crippen MR) is 85.0 cm³/mol. The van der Waals surface area contributed by atoms with Crippen LogP contribution in [0.5, 0.6) is 0 Å². The number of hydrogen-bond donors (Lipinski definition) is 1. The minimum absolute atomic E-state index is 0.740. The third-order valence-electron chi connectivity index (χ3n) is 4.72. The number of thioether (sulfide) groups is 1. The first-order valence-corrected chi connectivity index (χ1v) is 8.55. The van der Waals surface area contributed by atoms with Crippen LogP contribution in [0, 0.1) is 5.92 Å². The van der Waals surface area contributed by atoms with Gasteiger partial charge in [-0.25, -0.2) is 0 Å². The second-order valence-corrected chi connectivity index (χ2v) is 6.99. The first-order valence-electron chi connectivity index (χ1n) is 7.57. The van der Waals surface area contributed by atoms with Crippen LogP contribution in [0.15, 0.2) is 23.1 Å². The molecule has 1 aliphatic heterocycles. The molecule has 2 nitrogen and oxygen atoms in total. The number of nitrogen functional groups attached to an aromatic ring is 1. The van der Waals surface area contributed by atoms with Gasteiger partial charge >= 0.3 is 0 Å². The summed E-state index contributed by atoms with van der Waals surface area (Å²) < 4.78 is 0. The Morgan fingerprint density at radius 3 is 2.79 bits per heavy atom. The number of fused-ring (bicyclic) bond motifs is 1. The van der Waals surface area contributed by atoms with Gasteiger partial charge in [-0.3, -0.25) is 0 Å². The third-order valence-corrected chi connectivity index (χ3v) is 5.76. The summed E-state index contributed by atoms with van der Waals surface area (Å²) in [7, 11) is 0. The van der Waals surface area contributed by atoms with Crippen molar-refractivity contribution in [1.82, 2.24) is 0 Å². The smallest absolute Gasteiger partial charge is 0.0527 e. The second-order valence-electron chi connectivity index (χ2n) is 5.85. The lowest BCUT2D eigenvalue weighted by Crippen LogP contribution is -2.41. The Labute approximate surface area is 120 Å². The van der Waals surface area contributed by atoms with Crippen molar-refractivity contribution in [3.05, 3.63) is 18.2 Å². The Balaban J connectivity index is 1.78. The topological polar surface area (TPSA) is 29.3 Å². The van der Waals surface area contributed by atoms with Crippen LogP contribution in [0.3, 0.4) is 0 Å². The van der Waals surface area contributed by atoms with E-state index in [2.05, 4.69) is 24.0 Å². The summed E-state index contributed by atoms with van der Waals surface area (Å²) in [6.45, 7) is 3.51. The van der Waals surface area contributed by atoms with E-state index in [9.17, 15) is 0 Å². The molecule has 1 fully saturated rings. The zero-order valence-corrected chi connectivity index (χ0v) is 12.6. The van der Waals surface area contributed by atoms with Gasteiger partial charge in [-0.2, -0.15) is 0 Å². The molecular weight excluding hydrogens is 252 g/mol. The monoisotopic (exact) mass is 276 g/mol. The number of anilines is 2. The minimum Gasteiger partial charge on any atom is -0.399 e. The highest BCUT2D eigenvalue weighted by atomic mass is 32.2. The number of benzene rings is 1. The molecule has 3 heteroatoms. The Hall–Kier alpha value is -0.830. The molecule has 1 aliphatic carbocycles. The van der Waals surface area contributed by atoms with E-state index in [0.29, 0.717) is 0 Å². The molecule has 0 radical (unpaired) electrons. The molecule has 0 saturated heterocycles. The van der Waals surface area contributed by atoms with Crippen molar-refractivity contribution < 1.29 is 0 Å². The molecule has 1 aromatic carbocycles. The maximum Gasteiger partial charge on any atom is 0.0527 e. The first-order chi connectivity index (χ1) is 9.28. The number of nitrogens with zero attached hydrogens (tertiary/aromatic N) is 1. The molecule has 2 aliphatic rings. The van der Waals surface area contributed by atoms with E-state index >= 15 is 0 Å². The molecule has 3 rings (SSSR count). The van der Waals surface area contributed by atoms with Crippen LogP contribution < -0.4 is 10.6 Å². The lowest BCUT2D eigenvalue weighted by atomic mass is 9.83. The Kier molecular flexibility index (Phi) is 3.92. The summed E-state index contributed by atoms with van der Waals surface area (Å²) in [6, 6.07) is 7.14. The third kappa shape index (κ3) is 2.71. The SMILES string of the molecule is CCC1CCC(N2CCSc3ccc(N)cc32)CC1. The van der Waals surface area contributed by atoms with Crippen LogP contribution in [-0.2, 0) is 0 Å². The van der Waals surface area contributed by atoms with E-state index in [4.69, 9.17) is 5.73 Å². The highest BCUT2D eigenvalue weighted by Gasteiger charge is 2.28. The van der Waals surface area contributed by atoms with Crippen molar-refractivity contribution in [3.63, 3.8) is 0 Å². The molecule has 0 spiro atoms. The summed E-state index contributed by atoms with van der Waals surface area (Å²) in [5.74, 6) is 2.18. The molecule has 104 valence electrons. The molecular formula is C16H24N2S. The van der Waals surface area contributed by atoms with Gasteiger partial charge in [0.15, 0.2) is 0 Å². The molecule has 19 heavy (non-hydrogen) atoms. The van der Waals surface area contributed by atoms with Crippen molar-refractivity contribution in [2.45, 2.75) is 50.0 Å². The highest BCUT2D eigenvalue weighted by molar-refractivity contribution is 7.99. The van der Waals surface area contributed by atoms with Crippen LogP contribution in [0.1, 0.15) is 39.0 Å². The molecule has 0 aromatic heterocycles. The maximum atomic E-state index is 5.98. The van der Waals surface area contributed by atoms with E-state index in [0.717, 1.165) is 17.6 Å². The average molecular weight is 276 g/mol. The lowest BCUT2D eigenvalue weighted by molar-refractivity contribution is 0.309. The van der Waals surface area contributed by atoms with Gasteiger partial charge in [0.1, 0.15) is 0 Å². The van der Waals surface area contributed by atoms with Gasteiger partial charge in [0.25, 0.3) is 0 Å². The fraction of sp³-hybridized carbons (Fsp3) is 0.625.